The molecule has 0 spiro atoms. The van der Waals surface area contributed by atoms with Gasteiger partial charge in [-0.3, -0.25) is 14.9 Å². The molecule has 0 atom stereocenters. The van der Waals surface area contributed by atoms with Crippen molar-refractivity contribution in [3.8, 4) is 17.1 Å². The average Bonchev–Trinajstić information content (AvgIpc) is 3.21. The van der Waals surface area contributed by atoms with Crippen LogP contribution in [-0.4, -0.2) is 24.2 Å². The molecule has 0 fully saturated rings. The number of methoxy groups -OCH3 is 1. The summed E-state index contributed by atoms with van der Waals surface area (Å²) >= 11 is 0. The van der Waals surface area contributed by atoms with Crippen LogP contribution >= 0.6 is 0 Å². The zero-order valence-electron chi connectivity index (χ0n) is 15.7. The van der Waals surface area contributed by atoms with Crippen molar-refractivity contribution in [2.24, 2.45) is 5.10 Å². The summed E-state index contributed by atoms with van der Waals surface area (Å²) in [6.07, 6.45) is 2.31. The summed E-state index contributed by atoms with van der Waals surface area (Å²) in [7, 11) is 1.47. The predicted molar refractivity (Wildman–Crippen MR) is 108 cm³/mol. The van der Waals surface area contributed by atoms with Gasteiger partial charge in [-0.15, -0.1) is 0 Å². The molecule has 0 aliphatic heterocycles. The second-order valence-electron chi connectivity index (χ2n) is 6.12. The number of carbonyl (C=O) groups is 1. The van der Waals surface area contributed by atoms with Crippen LogP contribution in [0.2, 0.25) is 0 Å². The maximum absolute atomic E-state index is 11.9. The molecule has 8 heteroatoms. The Morgan fingerprint density at radius 3 is 2.72 bits per heavy atom. The lowest BCUT2D eigenvalue weighted by molar-refractivity contribution is -0.384. The lowest BCUT2D eigenvalue weighted by Gasteiger charge is -2.05. The minimum absolute atomic E-state index is 0.0712. The maximum Gasteiger partial charge on any atom is 0.270 e. The number of aryl methyl sites for hydroxylation is 1. The van der Waals surface area contributed by atoms with E-state index in [-0.39, 0.29) is 11.6 Å². The Hall–Kier alpha value is -3.94. The van der Waals surface area contributed by atoms with Gasteiger partial charge in [0.15, 0.2) is 0 Å². The Balaban J connectivity index is 1.62. The smallest absolute Gasteiger partial charge is 0.270 e. The summed E-state index contributed by atoms with van der Waals surface area (Å²) in [5, 5.41) is 14.9. The van der Waals surface area contributed by atoms with Gasteiger partial charge in [0, 0.05) is 18.6 Å². The largest absolute Gasteiger partial charge is 0.496 e. The molecule has 1 heterocycles. The summed E-state index contributed by atoms with van der Waals surface area (Å²) in [4.78, 5) is 22.4. The Morgan fingerprint density at radius 1 is 1.21 bits per heavy atom. The van der Waals surface area contributed by atoms with E-state index in [2.05, 4.69) is 10.5 Å². The normalized spacial score (nSPS) is 10.8. The summed E-state index contributed by atoms with van der Waals surface area (Å²) in [6, 6.07) is 17.3. The van der Waals surface area contributed by atoms with E-state index in [0.717, 1.165) is 5.56 Å². The van der Waals surface area contributed by atoms with Crippen molar-refractivity contribution in [2.75, 3.05) is 7.11 Å². The number of carbonyl (C=O) groups excluding carboxylic acids is 1. The highest BCUT2D eigenvalue weighted by Gasteiger charge is 2.15. The highest BCUT2D eigenvalue weighted by molar-refractivity contribution is 5.81. The predicted octanol–water partition coefficient (Wildman–Crippen LogP) is 3.95. The number of hydrogen-bond donors (Lipinski definition) is 1. The quantitative estimate of drug-likeness (QED) is 0.354. The topological polar surface area (TPSA) is 107 Å². The minimum Gasteiger partial charge on any atom is -0.496 e. The lowest BCUT2D eigenvalue weighted by atomic mass is 10.1. The second-order valence-corrected chi connectivity index (χ2v) is 6.12. The molecule has 8 nitrogen and oxygen atoms in total. The van der Waals surface area contributed by atoms with Crippen LogP contribution in [0.1, 0.15) is 17.7 Å². The van der Waals surface area contributed by atoms with Gasteiger partial charge in [0.2, 0.25) is 5.91 Å². The molecule has 1 aromatic heterocycles. The zero-order chi connectivity index (χ0) is 20.6. The van der Waals surface area contributed by atoms with E-state index in [9.17, 15) is 14.9 Å². The molecular formula is C21H19N3O5. The zero-order valence-corrected chi connectivity index (χ0v) is 15.7. The highest BCUT2D eigenvalue weighted by atomic mass is 16.6. The van der Waals surface area contributed by atoms with E-state index >= 15 is 0 Å². The first-order valence-corrected chi connectivity index (χ1v) is 8.85. The van der Waals surface area contributed by atoms with Gasteiger partial charge in [0.1, 0.15) is 17.3 Å². The number of hydrogen-bond acceptors (Lipinski definition) is 6. The van der Waals surface area contributed by atoms with Gasteiger partial charge in [-0.05, 0) is 30.2 Å². The number of nitrogens with one attached hydrogen (secondary N) is 1. The fraction of sp³-hybridized carbons (Fsp3) is 0.143. The van der Waals surface area contributed by atoms with Gasteiger partial charge in [0.05, 0.1) is 23.8 Å². The number of nitro benzene ring substituents is 1. The maximum atomic E-state index is 11.9. The summed E-state index contributed by atoms with van der Waals surface area (Å²) < 4.78 is 10.9. The third kappa shape index (κ3) is 5.29. The highest BCUT2D eigenvalue weighted by Crippen LogP contribution is 2.34. The van der Waals surface area contributed by atoms with Gasteiger partial charge in [-0.1, -0.05) is 30.3 Å². The number of ether oxygens (including phenoxy) is 1. The number of amides is 1. The molecule has 1 N–H and O–H groups in total. The van der Waals surface area contributed by atoms with E-state index < -0.39 is 4.92 Å². The fourth-order valence-electron chi connectivity index (χ4n) is 2.70. The molecule has 0 unspecified atom stereocenters. The fourth-order valence-corrected chi connectivity index (χ4v) is 2.70. The first-order chi connectivity index (χ1) is 14.1. The Morgan fingerprint density at radius 2 is 2.00 bits per heavy atom. The first kappa shape index (κ1) is 19.8. The van der Waals surface area contributed by atoms with Crippen LogP contribution in [0.5, 0.6) is 5.75 Å². The Kier molecular flexibility index (Phi) is 6.36. The molecule has 0 saturated carbocycles. The molecule has 2 aromatic carbocycles. The third-order valence-electron chi connectivity index (χ3n) is 4.15. The van der Waals surface area contributed by atoms with E-state index in [1.165, 1.54) is 31.5 Å². The van der Waals surface area contributed by atoms with Gasteiger partial charge in [0.25, 0.3) is 5.69 Å². The van der Waals surface area contributed by atoms with Crippen molar-refractivity contribution in [1.82, 2.24) is 5.43 Å². The second kappa shape index (κ2) is 9.32. The number of nitrogens with zero attached hydrogens (tertiary/aromatic N) is 2. The lowest BCUT2D eigenvalue weighted by Crippen LogP contribution is -2.17. The number of benzene rings is 2. The number of rotatable bonds is 8. The molecule has 3 aromatic rings. The number of hydrazone groups is 1. The van der Waals surface area contributed by atoms with Gasteiger partial charge < -0.3 is 9.15 Å². The molecule has 0 aliphatic carbocycles. The molecule has 1 amide bonds. The van der Waals surface area contributed by atoms with Crippen LogP contribution in [-0.2, 0) is 11.2 Å². The van der Waals surface area contributed by atoms with Crippen molar-refractivity contribution in [1.29, 1.82) is 0 Å². The monoisotopic (exact) mass is 393 g/mol. The van der Waals surface area contributed by atoms with Crippen molar-refractivity contribution in [2.45, 2.75) is 12.8 Å². The number of non-ortho nitro benzene ring substituents is 1. The van der Waals surface area contributed by atoms with Crippen molar-refractivity contribution in [3.05, 3.63) is 82.1 Å². The van der Waals surface area contributed by atoms with Crippen molar-refractivity contribution < 1.29 is 18.9 Å². The molecule has 0 bridgehead atoms. The summed E-state index contributed by atoms with van der Waals surface area (Å²) in [5.74, 6) is 1.01. The van der Waals surface area contributed by atoms with Gasteiger partial charge in [-0.2, -0.15) is 5.10 Å². The SMILES string of the molecule is COc1ccc([N+](=O)[O-])cc1-c1ccc(/C=N\NC(=O)CCc2ccccc2)o1. The van der Waals surface area contributed by atoms with Crippen molar-refractivity contribution in [3.63, 3.8) is 0 Å². The third-order valence-corrected chi connectivity index (χ3v) is 4.15. The summed E-state index contributed by atoms with van der Waals surface area (Å²) in [6.45, 7) is 0. The van der Waals surface area contributed by atoms with E-state index in [1.54, 1.807) is 12.1 Å². The average molecular weight is 393 g/mol. The molecule has 3 rings (SSSR count). The Labute approximate surface area is 167 Å². The van der Waals surface area contributed by atoms with Gasteiger partial charge >= 0.3 is 0 Å². The molecule has 0 aliphatic rings. The van der Waals surface area contributed by atoms with E-state index in [1.807, 2.05) is 30.3 Å². The number of furan rings is 1. The Bertz CT molecular complexity index is 1030. The van der Waals surface area contributed by atoms with Crippen LogP contribution in [0.15, 0.2) is 70.2 Å². The van der Waals surface area contributed by atoms with Crippen LogP contribution in [0.3, 0.4) is 0 Å². The molecule has 0 saturated heterocycles. The molecular weight excluding hydrogens is 374 g/mol. The van der Waals surface area contributed by atoms with Crippen LogP contribution in [0.4, 0.5) is 5.69 Å². The number of nitro groups is 1. The molecule has 148 valence electrons. The first-order valence-electron chi connectivity index (χ1n) is 8.85. The van der Waals surface area contributed by atoms with Crippen molar-refractivity contribution >= 4 is 17.8 Å². The molecule has 29 heavy (non-hydrogen) atoms. The van der Waals surface area contributed by atoms with Gasteiger partial charge in [-0.25, -0.2) is 5.43 Å². The van der Waals surface area contributed by atoms with Crippen LogP contribution in [0, 0.1) is 10.1 Å². The standard InChI is InChI=1S/C21H19N3O5/c1-28-19-10-8-16(24(26)27)13-18(19)20-11-9-17(29-20)14-22-23-21(25)12-7-15-5-3-2-4-6-15/h2-6,8-11,13-14H,7,12H2,1H3,(H,23,25)/b22-14-. The minimum atomic E-state index is -0.487. The van der Waals surface area contributed by atoms with E-state index in [4.69, 9.17) is 9.15 Å². The van der Waals surface area contributed by atoms with Crippen LogP contribution < -0.4 is 10.2 Å². The van der Waals surface area contributed by atoms with E-state index in [0.29, 0.717) is 35.7 Å². The van der Waals surface area contributed by atoms with Crippen LogP contribution in [0.25, 0.3) is 11.3 Å². The molecule has 0 radical (unpaired) electrons. The summed E-state index contributed by atoms with van der Waals surface area (Å²) in [5.41, 5.74) is 3.91.